The van der Waals surface area contributed by atoms with E-state index in [9.17, 15) is 4.79 Å². The fraction of sp³-hybridized carbons (Fsp3) is 0.364. The zero-order chi connectivity index (χ0) is 9.97. The van der Waals surface area contributed by atoms with Crippen LogP contribution in [0, 0.1) is 0 Å². The highest BCUT2D eigenvalue weighted by atomic mass is 16.1. The average molecular weight is 190 g/mol. The number of rotatable bonds is 2. The topological polar surface area (TPSA) is 41.1 Å². The molecular weight excluding hydrogens is 176 g/mol. The third-order valence-corrected chi connectivity index (χ3v) is 2.48. The van der Waals surface area contributed by atoms with Gasteiger partial charge in [0, 0.05) is 18.7 Å². The van der Waals surface area contributed by atoms with Crippen LogP contribution in [0.5, 0.6) is 0 Å². The Bertz CT molecular complexity index is 360. The molecule has 1 aliphatic rings. The van der Waals surface area contributed by atoms with Crippen LogP contribution in [-0.2, 0) is 13.0 Å². The summed E-state index contributed by atoms with van der Waals surface area (Å²) in [5.41, 5.74) is 3.15. The molecule has 1 aliphatic heterocycles. The van der Waals surface area contributed by atoms with Crippen molar-refractivity contribution in [1.82, 2.24) is 10.6 Å². The van der Waals surface area contributed by atoms with Crippen molar-refractivity contribution in [3.63, 3.8) is 0 Å². The maximum atomic E-state index is 11.5. The van der Waals surface area contributed by atoms with E-state index >= 15 is 0 Å². The van der Waals surface area contributed by atoms with Gasteiger partial charge in [-0.1, -0.05) is 12.1 Å². The predicted molar refractivity (Wildman–Crippen MR) is 55.2 cm³/mol. The quantitative estimate of drug-likeness (QED) is 0.720. The van der Waals surface area contributed by atoms with Gasteiger partial charge in [0.1, 0.15) is 0 Å². The van der Waals surface area contributed by atoms with E-state index in [1.807, 2.05) is 13.1 Å². The summed E-state index contributed by atoms with van der Waals surface area (Å²) in [6, 6.07) is 6.11. The molecule has 0 radical (unpaired) electrons. The third-order valence-electron chi connectivity index (χ3n) is 2.48. The van der Waals surface area contributed by atoms with Gasteiger partial charge >= 0.3 is 0 Å². The lowest BCUT2D eigenvalue weighted by atomic mass is 9.98. The van der Waals surface area contributed by atoms with Gasteiger partial charge in [-0.3, -0.25) is 4.79 Å². The second kappa shape index (κ2) is 3.80. The highest BCUT2D eigenvalue weighted by Gasteiger charge is 2.15. The van der Waals surface area contributed by atoms with Crippen LogP contribution in [-0.4, -0.2) is 19.5 Å². The molecule has 0 aliphatic carbocycles. The molecule has 1 amide bonds. The first-order chi connectivity index (χ1) is 6.81. The molecule has 1 heterocycles. The average Bonchev–Trinajstić information content (AvgIpc) is 2.20. The standard InChI is InChI=1S/C11H14N2O/c1-12-7-8-2-3-9-4-5-13-11(14)10(9)6-8/h2-3,6,12H,4-5,7H2,1H3,(H,13,14). The Balaban J connectivity index is 2.36. The van der Waals surface area contributed by atoms with E-state index in [1.54, 1.807) is 0 Å². The lowest BCUT2D eigenvalue weighted by Crippen LogP contribution is -2.31. The van der Waals surface area contributed by atoms with E-state index in [-0.39, 0.29) is 5.91 Å². The first-order valence-electron chi connectivity index (χ1n) is 4.86. The number of fused-ring (bicyclic) bond motifs is 1. The summed E-state index contributed by atoms with van der Waals surface area (Å²) in [6.45, 7) is 1.57. The Morgan fingerprint density at radius 1 is 1.50 bits per heavy atom. The van der Waals surface area contributed by atoms with Gasteiger partial charge in [0.2, 0.25) is 0 Å². The van der Waals surface area contributed by atoms with E-state index in [4.69, 9.17) is 0 Å². The van der Waals surface area contributed by atoms with Crippen molar-refractivity contribution in [2.24, 2.45) is 0 Å². The van der Waals surface area contributed by atoms with Crippen molar-refractivity contribution in [3.05, 3.63) is 34.9 Å². The van der Waals surface area contributed by atoms with Gasteiger partial charge in [-0.25, -0.2) is 0 Å². The molecule has 74 valence electrons. The largest absolute Gasteiger partial charge is 0.352 e. The van der Waals surface area contributed by atoms with Crippen LogP contribution in [0.25, 0.3) is 0 Å². The lowest BCUT2D eigenvalue weighted by Gasteiger charge is -2.17. The number of hydrogen-bond acceptors (Lipinski definition) is 2. The molecule has 3 heteroatoms. The molecule has 1 aromatic carbocycles. The van der Waals surface area contributed by atoms with E-state index in [1.165, 1.54) is 0 Å². The monoisotopic (exact) mass is 190 g/mol. The fourth-order valence-corrected chi connectivity index (χ4v) is 1.77. The number of hydrogen-bond donors (Lipinski definition) is 2. The molecule has 14 heavy (non-hydrogen) atoms. The van der Waals surface area contributed by atoms with Crippen LogP contribution in [0.4, 0.5) is 0 Å². The van der Waals surface area contributed by atoms with Gasteiger partial charge in [-0.2, -0.15) is 0 Å². The molecule has 0 unspecified atom stereocenters. The zero-order valence-corrected chi connectivity index (χ0v) is 8.26. The molecule has 0 spiro atoms. The molecule has 0 saturated carbocycles. The number of amides is 1. The third kappa shape index (κ3) is 1.63. The summed E-state index contributed by atoms with van der Waals surface area (Å²) in [6.07, 6.45) is 0.945. The Hall–Kier alpha value is -1.35. The highest BCUT2D eigenvalue weighted by molar-refractivity contribution is 5.96. The van der Waals surface area contributed by atoms with Crippen LogP contribution in [0.1, 0.15) is 21.5 Å². The van der Waals surface area contributed by atoms with E-state index in [0.29, 0.717) is 0 Å². The summed E-state index contributed by atoms with van der Waals surface area (Å²) in [5.74, 6) is 0.0594. The Labute approximate surface area is 83.5 Å². The molecule has 2 N–H and O–H groups in total. The van der Waals surface area contributed by atoms with Gasteiger partial charge in [0.25, 0.3) is 5.91 Å². The lowest BCUT2D eigenvalue weighted by molar-refractivity contribution is 0.0946. The minimum atomic E-state index is 0.0594. The number of benzene rings is 1. The molecule has 0 aromatic heterocycles. The molecule has 2 rings (SSSR count). The Morgan fingerprint density at radius 3 is 3.14 bits per heavy atom. The summed E-state index contributed by atoms with van der Waals surface area (Å²) >= 11 is 0. The normalized spacial score (nSPS) is 14.8. The molecule has 3 nitrogen and oxygen atoms in total. The van der Waals surface area contributed by atoms with Gasteiger partial charge in [0.15, 0.2) is 0 Å². The molecule has 0 bridgehead atoms. The first kappa shape index (κ1) is 9.21. The van der Waals surface area contributed by atoms with E-state index in [2.05, 4.69) is 22.8 Å². The summed E-state index contributed by atoms with van der Waals surface area (Å²) in [5, 5.41) is 5.92. The molecule has 0 saturated heterocycles. The molecular formula is C11H14N2O. The van der Waals surface area contributed by atoms with Crippen LogP contribution >= 0.6 is 0 Å². The van der Waals surface area contributed by atoms with Gasteiger partial charge < -0.3 is 10.6 Å². The van der Waals surface area contributed by atoms with Crippen LogP contribution < -0.4 is 10.6 Å². The first-order valence-corrected chi connectivity index (χ1v) is 4.86. The smallest absolute Gasteiger partial charge is 0.251 e. The minimum Gasteiger partial charge on any atom is -0.352 e. The van der Waals surface area contributed by atoms with Crippen LogP contribution in [0.15, 0.2) is 18.2 Å². The van der Waals surface area contributed by atoms with Crippen molar-refractivity contribution in [3.8, 4) is 0 Å². The molecule has 0 atom stereocenters. The number of nitrogens with one attached hydrogen (secondary N) is 2. The van der Waals surface area contributed by atoms with Crippen molar-refractivity contribution < 1.29 is 4.79 Å². The summed E-state index contributed by atoms with van der Waals surface area (Å²) < 4.78 is 0. The molecule has 0 fully saturated rings. The Morgan fingerprint density at radius 2 is 2.36 bits per heavy atom. The maximum Gasteiger partial charge on any atom is 0.251 e. The van der Waals surface area contributed by atoms with Crippen molar-refractivity contribution in [1.29, 1.82) is 0 Å². The fourth-order valence-electron chi connectivity index (χ4n) is 1.77. The van der Waals surface area contributed by atoms with Crippen molar-refractivity contribution in [2.75, 3.05) is 13.6 Å². The number of carbonyl (C=O) groups is 1. The minimum absolute atomic E-state index is 0.0594. The van der Waals surface area contributed by atoms with Gasteiger partial charge in [-0.15, -0.1) is 0 Å². The Kier molecular flexibility index (Phi) is 2.50. The second-order valence-electron chi connectivity index (χ2n) is 3.53. The molecule has 1 aromatic rings. The summed E-state index contributed by atoms with van der Waals surface area (Å²) in [7, 11) is 1.90. The maximum absolute atomic E-state index is 11.5. The second-order valence-corrected chi connectivity index (χ2v) is 3.53. The van der Waals surface area contributed by atoms with Crippen LogP contribution in [0.2, 0.25) is 0 Å². The van der Waals surface area contributed by atoms with Gasteiger partial charge in [-0.05, 0) is 30.7 Å². The van der Waals surface area contributed by atoms with Crippen molar-refractivity contribution >= 4 is 5.91 Å². The SMILES string of the molecule is CNCc1ccc2c(c1)C(=O)NCC2. The van der Waals surface area contributed by atoms with Gasteiger partial charge in [0.05, 0.1) is 0 Å². The summed E-state index contributed by atoms with van der Waals surface area (Å²) in [4.78, 5) is 11.5. The van der Waals surface area contributed by atoms with E-state index < -0.39 is 0 Å². The zero-order valence-electron chi connectivity index (χ0n) is 8.26. The van der Waals surface area contributed by atoms with Crippen molar-refractivity contribution in [2.45, 2.75) is 13.0 Å². The van der Waals surface area contributed by atoms with Crippen LogP contribution in [0.3, 0.4) is 0 Å². The van der Waals surface area contributed by atoms with E-state index in [0.717, 1.165) is 36.2 Å². The predicted octanol–water partition coefficient (Wildman–Crippen LogP) is 0.692. The highest BCUT2D eigenvalue weighted by Crippen LogP contribution is 2.15. The number of carbonyl (C=O) groups excluding carboxylic acids is 1.